The zero-order chi connectivity index (χ0) is 12.2. The Balaban J connectivity index is 2.43. The molecule has 0 aliphatic carbocycles. The molecule has 1 fully saturated rings. The molecule has 0 amide bonds. The topological polar surface area (TPSA) is 66.6 Å². The van der Waals surface area contributed by atoms with E-state index in [2.05, 4.69) is 11.8 Å². The third-order valence-electron chi connectivity index (χ3n) is 3.60. The Hall–Kier alpha value is -0.610. The van der Waals surface area contributed by atoms with E-state index < -0.39 is 11.5 Å². The van der Waals surface area contributed by atoms with Crippen LogP contribution >= 0.6 is 0 Å². The third-order valence-corrected chi connectivity index (χ3v) is 3.60. The monoisotopic (exact) mass is 228 g/mol. The van der Waals surface area contributed by atoms with E-state index in [0.717, 1.165) is 13.1 Å². The first kappa shape index (κ1) is 13.5. The number of carboxylic acid groups (broad SMARTS) is 1. The van der Waals surface area contributed by atoms with Crippen LogP contribution in [0.25, 0.3) is 0 Å². The van der Waals surface area contributed by atoms with Gasteiger partial charge < -0.3 is 15.7 Å². The lowest BCUT2D eigenvalue weighted by Crippen LogP contribution is -2.48. The number of carbonyl (C=O) groups is 1. The zero-order valence-corrected chi connectivity index (χ0v) is 10.4. The maximum Gasteiger partial charge on any atom is 0.323 e. The molecular formula is C12H24N2O2. The number of hydrogen-bond donors (Lipinski definition) is 2. The van der Waals surface area contributed by atoms with Gasteiger partial charge in [-0.15, -0.1) is 0 Å². The molecule has 0 aromatic carbocycles. The average molecular weight is 228 g/mol. The van der Waals surface area contributed by atoms with E-state index in [4.69, 9.17) is 10.8 Å². The van der Waals surface area contributed by atoms with Gasteiger partial charge in [-0.3, -0.25) is 4.79 Å². The van der Waals surface area contributed by atoms with Gasteiger partial charge in [-0.05, 0) is 39.7 Å². The standard InChI is InChI=1S/C12H24N2O2/c1-10-6-4-3-5-8-14(10)9-7-12(2,13)11(15)16/h10H,3-9,13H2,1-2H3,(H,15,16). The molecule has 94 valence electrons. The number of likely N-dealkylation sites (tertiary alicyclic amines) is 1. The number of nitrogens with zero attached hydrogens (tertiary/aromatic N) is 1. The van der Waals surface area contributed by atoms with Gasteiger partial charge in [-0.2, -0.15) is 0 Å². The minimum absolute atomic E-state index is 0.521. The molecule has 1 heterocycles. The highest BCUT2D eigenvalue weighted by Gasteiger charge is 2.29. The van der Waals surface area contributed by atoms with Crippen molar-refractivity contribution in [2.45, 2.75) is 57.5 Å². The fraction of sp³-hybridized carbons (Fsp3) is 0.917. The van der Waals surface area contributed by atoms with Crippen LogP contribution in [0.15, 0.2) is 0 Å². The van der Waals surface area contributed by atoms with Crippen LogP contribution in [0, 0.1) is 0 Å². The van der Waals surface area contributed by atoms with E-state index in [0.29, 0.717) is 12.5 Å². The van der Waals surface area contributed by atoms with Crippen molar-refractivity contribution >= 4 is 5.97 Å². The van der Waals surface area contributed by atoms with Crippen LogP contribution in [0.2, 0.25) is 0 Å². The van der Waals surface area contributed by atoms with E-state index in [1.54, 1.807) is 6.92 Å². The van der Waals surface area contributed by atoms with Crippen molar-refractivity contribution in [1.82, 2.24) is 4.90 Å². The smallest absolute Gasteiger partial charge is 0.323 e. The lowest BCUT2D eigenvalue weighted by Gasteiger charge is -2.29. The summed E-state index contributed by atoms with van der Waals surface area (Å²) in [7, 11) is 0. The van der Waals surface area contributed by atoms with Gasteiger partial charge in [-0.25, -0.2) is 0 Å². The molecule has 2 unspecified atom stereocenters. The Morgan fingerprint density at radius 1 is 1.50 bits per heavy atom. The molecule has 3 N–H and O–H groups in total. The van der Waals surface area contributed by atoms with Gasteiger partial charge in [0.15, 0.2) is 0 Å². The molecule has 1 aliphatic heterocycles. The van der Waals surface area contributed by atoms with E-state index in [1.165, 1.54) is 25.7 Å². The molecule has 0 bridgehead atoms. The first-order valence-electron chi connectivity index (χ1n) is 6.20. The number of hydrogen-bond acceptors (Lipinski definition) is 3. The molecule has 0 spiro atoms. The van der Waals surface area contributed by atoms with Crippen molar-refractivity contribution in [1.29, 1.82) is 0 Å². The highest BCUT2D eigenvalue weighted by molar-refractivity contribution is 5.77. The van der Waals surface area contributed by atoms with Crippen molar-refractivity contribution in [2.24, 2.45) is 5.73 Å². The number of nitrogens with two attached hydrogens (primary N) is 1. The lowest BCUT2D eigenvalue weighted by atomic mass is 9.99. The number of rotatable bonds is 4. The normalized spacial score (nSPS) is 27.1. The minimum Gasteiger partial charge on any atom is -0.480 e. The summed E-state index contributed by atoms with van der Waals surface area (Å²) >= 11 is 0. The molecule has 1 aliphatic rings. The molecule has 4 nitrogen and oxygen atoms in total. The molecule has 16 heavy (non-hydrogen) atoms. The molecule has 0 saturated carbocycles. The third kappa shape index (κ3) is 3.76. The summed E-state index contributed by atoms with van der Waals surface area (Å²) in [6.07, 6.45) is 5.54. The lowest BCUT2D eigenvalue weighted by molar-refractivity contribution is -0.143. The highest BCUT2D eigenvalue weighted by Crippen LogP contribution is 2.18. The first-order valence-corrected chi connectivity index (χ1v) is 6.20. The van der Waals surface area contributed by atoms with Gasteiger partial charge in [0.05, 0.1) is 0 Å². The summed E-state index contributed by atoms with van der Waals surface area (Å²) in [4.78, 5) is 13.3. The van der Waals surface area contributed by atoms with Gasteiger partial charge >= 0.3 is 5.97 Å². The summed E-state index contributed by atoms with van der Waals surface area (Å²) in [6.45, 7) is 5.69. The molecule has 1 saturated heterocycles. The fourth-order valence-electron chi connectivity index (χ4n) is 2.15. The molecule has 0 aromatic heterocycles. The number of aliphatic carboxylic acids is 1. The van der Waals surface area contributed by atoms with Crippen LogP contribution in [0.1, 0.15) is 46.0 Å². The SMILES string of the molecule is CC1CCCCCN1CCC(C)(N)C(=O)O. The summed E-state index contributed by atoms with van der Waals surface area (Å²) in [6, 6.07) is 0.562. The molecule has 2 atom stereocenters. The van der Waals surface area contributed by atoms with Gasteiger partial charge in [0, 0.05) is 12.6 Å². The van der Waals surface area contributed by atoms with Gasteiger partial charge in [0.1, 0.15) is 5.54 Å². The van der Waals surface area contributed by atoms with E-state index in [1.807, 2.05) is 0 Å². The Kier molecular flexibility index (Phi) is 4.74. The Labute approximate surface area is 97.8 Å². The molecule has 0 radical (unpaired) electrons. The average Bonchev–Trinajstić information content (AvgIpc) is 2.40. The van der Waals surface area contributed by atoms with Crippen LogP contribution in [0.5, 0.6) is 0 Å². The molecule has 1 rings (SSSR count). The summed E-state index contributed by atoms with van der Waals surface area (Å²) in [5.74, 6) is -0.907. The maximum absolute atomic E-state index is 10.9. The second-order valence-electron chi connectivity index (χ2n) is 5.21. The Morgan fingerprint density at radius 2 is 2.19 bits per heavy atom. The van der Waals surface area contributed by atoms with Crippen LogP contribution < -0.4 is 5.73 Å². The summed E-state index contributed by atoms with van der Waals surface area (Å²) in [5, 5.41) is 8.95. The summed E-state index contributed by atoms with van der Waals surface area (Å²) < 4.78 is 0. The second-order valence-corrected chi connectivity index (χ2v) is 5.21. The second kappa shape index (κ2) is 5.64. The predicted octanol–water partition coefficient (Wildman–Crippen LogP) is 1.44. The van der Waals surface area contributed by atoms with Crippen LogP contribution in [0.4, 0.5) is 0 Å². The van der Waals surface area contributed by atoms with Crippen molar-refractivity contribution < 1.29 is 9.90 Å². The molecule has 4 heteroatoms. The highest BCUT2D eigenvalue weighted by atomic mass is 16.4. The number of carboxylic acids is 1. The van der Waals surface area contributed by atoms with Crippen LogP contribution in [-0.2, 0) is 4.79 Å². The fourth-order valence-corrected chi connectivity index (χ4v) is 2.15. The molecule has 0 aromatic rings. The quantitative estimate of drug-likeness (QED) is 0.764. The maximum atomic E-state index is 10.9. The first-order chi connectivity index (χ1) is 7.43. The zero-order valence-electron chi connectivity index (χ0n) is 10.4. The largest absolute Gasteiger partial charge is 0.480 e. The van der Waals surface area contributed by atoms with E-state index in [9.17, 15) is 4.79 Å². The van der Waals surface area contributed by atoms with Gasteiger partial charge in [0.25, 0.3) is 0 Å². The van der Waals surface area contributed by atoms with Crippen molar-refractivity contribution in [3.8, 4) is 0 Å². The van der Waals surface area contributed by atoms with Crippen LogP contribution in [-0.4, -0.2) is 40.6 Å². The Bertz CT molecular complexity index is 241. The van der Waals surface area contributed by atoms with Crippen molar-refractivity contribution in [3.05, 3.63) is 0 Å². The van der Waals surface area contributed by atoms with E-state index in [-0.39, 0.29) is 0 Å². The Morgan fingerprint density at radius 3 is 2.81 bits per heavy atom. The van der Waals surface area contributed by atoms with Crippen LogP contribution in [0.3, 0.4) is 0 Å². The van der Waals surface area contributed by atoms with Gasteiger partial charge in [0.2, 0.25) is 0 Å². The van der Waals surface area contributed by atoms with Gasteiger partial charge in [-0.1, -0.05) is 12.8 Å². The minimum atomic E-state index is -1.09. The predicted molar refractivity (Wildman–Crippen MR) is 64.3 cm³/mol. The molecular weight excluding hydrogens is 204 g/mol. The summed E-state index contributed by atoms with van der Waals surface area (Å²) in [5.41, 5.74) is 4.64. The van der Waals surface area contributed by atoms with E-state index >= 15 is 0 Å². The van der Waals surface area contributed by atoms with Crippen molar-refractivity contribution in [2.75, 3.05) is 13.1 Å². The van der Waals surface area contributed by atoms with Crippen molar-refractivity contribution in [3.63, 3.8) is 0 Å².